The van der Waals surface area contributed by atoms with Gasteiger partial charge in [-0.05, 0) is 18.9 Å². The van der Waals surface area contributed by atoms with E-state index in [1.165, 1.54) is 5.56 Å². The van der Waals surface area contributed by atoms with Crippen LogP contribution in [0.5, 0.6) is 5.75 Å². The van der Waals surface area contributed by atoms with Crippen molar-refractivity contribution in [1.29, 1.82) is 0 Å². The number of nitrogens with two attached hydrogens (primary N) is 1. The number of rotatable bonds is 7. The number of likely N-dealkylation sites (tertiary alicyclic amines) is 1. The Morgan fingerprint density at radius 1 is 1.32 bits per heavy atom. The molecule has 0 spiro atoms. The van der Waals surface area contributed by atoms with E-state index >= 15 is 0 Å². The average Bonchev–Trinajstić information content (AvgIpc) is 3.17. The largest absolute Gasteiger partial charge is 0.493 e. The second kappa shape index (κ2) is 7.42. The van der Waals surface area contributed by atoms with Crippen LogP contribution in [0.1, 0.15) is 18.4 Å². The topological polar surface area (TPSA) is 56.3 Å². The molecule has 2 aromatic rings. The average molecular weight is 300 g/mol. The van der Waals surface area contributed by atoms with E-state index in [1.807, 2.05) is 18.6 Å². The van der Waals surface area contributed by atoms with Crippen LogP contribution in [-0.2, 0) is 13.1 Å². The molecular weight excluding hydrogens is 276 g/mol. The maximum atomic E-state index is 5.98. The van der Waals surface area contributed by atoms with Gasteiger partial charge in [0, 0.05) is 50.2 Å². The molecule has 0 aliphatic carbocycles. The molecule has 5 heteroatoms. The number of nitrogens with zero attached hydrogens (tertiary/aromatic N) is 3. The highest BCUT2D eigenvalue weighted by Crippen LogP contribution is 2.22. The third-order valence-electron chi connectivity index (χ3n) is 4.05. The molecule has 0 saturated carbocycles. The van der Waals surface area contributed by atoms with Crippen molar-refractivity contribution in [3.05, 3.63) is 48.5 Å². The third kappa shape index (κ3) is 4.08. The SMILES string of the molecule is N[C@H]1CCN(Cc2ccccc2OCCCn2ccnc2)C1. The number of aromatic nitrogens is 2. The van der Waals surface area contributed by atoms with Gasteiger partial charge in [-0.3, -0.25) is 4.90 Å². The Hall–Kier alpha value is -1.85. The lowest BCUT2D eigenvalue weighted by Crippen LogP contribution is -2.26. The maximum absolute atomic E-state index is 5.98. The first-order valence-corrected chi connectivity index (χ1v) is 7.95. The van der Waals surface area contributed by atoms with Crippen molar-refractivity contribution in [3.63, 3.8) is 0 Å². The fourth-order valence-electron chi connectivity index (χ4n) is 2.87. The van der Waals surface area contributed by atoms with Crippen molar-refractivity contribution in [3.8, 4) is 5.75 Å². The summed E-state index contributed by atoms with van der Waals surface area (Å²) in [6.45, 7) is 4.63. The summed E-state index contributed by atoms with van der Waals surface area (Å²) in [5, 5.41) is 0. The standard InChI is InChI=1S/C17H24N4O/c18-16-6-9-21(13-16)12-15-4-1-2-5-17(15)22-11-3-8-20-10-7-19-14-20/h1-2,4-5,7,10,14,16H,3,6,8-9,11-13,18H2/t16-/m0/s1. The van der Waals surface area contributed by atoms with Crippen LogP contribution in [0.15, 0.2) is 43.0 Å². The summed E-state index contributed by atoms with van der Waals surface area (Å²) in [7, 11) is 0. The highest BCUT2D eigenvalue weighted by Gasteiger charge is 2.19. The molecule has 1 fully saturated rings. The van der Waals surface area contributed by atoms with E-state index in [1.54, 1.807) is 6.20 Å². The summed E-state index contributed by atoms with van der Waals surface area (Å²) in [6, 6.07) is 8.63. The molecule has 1 saturated heterocycles. The van der Waals surface area contributed by atoms with Gasteiger partial charge >= 0.3 is 0 Å². The molecule has 0 amide bonds. The van der Waals surface area contributed by atoms with Crippen molar-refractivity contribution in [2.24, 2.45) is 5.73 Å². The van der Waals surface area contributed by atoms with Gasteiger partial charge in [-0.2, -0.15) is 0 Å². The summed E-state index contributed by atoms with van der Waals surface area (Å²) >= 11 is 0. The Kier molecular flexibility index (Phi) is 5.08. The molecule has 1 aliphatic rings. The van der Waals surface area contributed by atoms with Crippen LogP contribution in [0.2, 0.25) is 0 Å². The normalized spacial score (nSPS) is 18.7. The van der Waals surface area contributed by atoms with E-state index in [0.717, 1.165) is 44.8 Å². The predicted molar refractivity (Wildman–Crippen MR) is 86.7 cm³/mol. The van der Waals surface area contributed by atoms with Gasteiger partial charge in [0.25, 0.3) is 0 Å². The highest BCUT2D eigenvalue weighted by atomic mass is 16.5. The monoisotopic (exact) mass is 300 g/mol. The van der Waals surface area contributed by atoms with Crippen LogP contribution in [-0.4, -0.2) is 40.2 Å². The minimum Gasteiger partial charge on any atom is -0.493 e. The van der Waals surface area contributed by atoms with E-state index in [4.69, 9.17) is 10.5 Å². The van der Waals surface area contributed by atoms with Gasteiger partial charge in [0.2, 0.25) is 0 Å². The zero-order valence-electron chi connectivity index (χ0n) is 12.9. The number of hydrogen-bond acceptors (Lipinski definition) is 4. The predicted octanol–water partition coefficient (Wildman–Crippen LogP) is 1.89. The van der Waals surface area contributed by atoms with Gasteiger partial charge in [0.1, 0.15) is 5.75 Å². The molecule has 1 aromatic heterocycles. The molecule has 0 radical (unpaired) electrons. The highest BCUT2D eigenvalue weighted by molar-refractivity contribution is 5.33. The lowest BCUT2D eigenvalue weighted by Gasteiger charge is -2.18. The summed E-state index contributed by atoms with van der Waals surface area (Å²) in [4.78, 5) is 6.44. The van der Waals surface area contributed by atoms with E-state index in [0.29, 0.717) is 12.6 Å². The number of hydrogen-bond donors (Lipinski definition) is 1. The second-order valence-electron chi connectivity index (χ2n) is 5.89. The third-order valence-corrected chi connectivity index (χ3v) is 4.05. The second-order valence-corrected chi connectivity index (χ2v) is 5.89. The van der Waals surface area contributed by atoms with E-state index in [-0.39, 0.29) is 0 Å². The Labute approximate surface area is 131 Å². The van der Waals surface area contributed by atoms with Gasteiger partial charge in [-0.15, -0.1) is 0 Å². The van der Waals surface area contributed by atoms with E-state index in [9.17, 15) is 0 Å². The van der Waals surface area contributed by atoms with Crippen LogP contribution >= 0.6 is 0 Å². The molecular formula is C17H24N4O. The van der Waals surface area contributed by atoms with Gasteiger partial charge in [-0.1, -0.05) is 18.2 Å². The number of ether oxygens (including phenoxy) is 1. The molecule has 1 atom stereocenters. The summed E-state index contributed by atoms with van der Waals surface area (Å²) < 4.78 is 8.05. The van der Waals surface area contributed by atoms with Crippen LogP contribution < -0.4 is 10.5 Å². The first-order chi connectivity index (χ1) is 10.8. The summed E-state index contributed by atoms with van der Waals surface area (Å²) in [5.74, 6) is 0.994. The summed E-state index contributed by atoms with van der Waals surface area (Å²) in [6.07, 6.45) is 7.68. The first kappa shape index (κ1) is 15.1. The Morgan fingerprint density at radius 2 is 2.23 bits per heavy atom. The van der Waals surface area contributed by atoms with Crippen molar-refractivity contribution >= 4 is 0 Å². The van der Waals surface area contributed by atoms with Crippen LogP contribution in [0.25, 0.3) is 0 Å². The molecule has 2 heterocycles. The van der Waals surface area contributed by atoms with Gasteiger partial charge in [-0.25, -0.2) is 4.98 Å². The minimum atomic E-state index is 0.322. The molecule has 22 heavy (non-hydrogen) atoms. The van der Waals surface area contributed by atoms with Crippen LogP contribution in [0, 0.1) is 0 Å². The molecule has 0 bridgehead atoms. The smallest absolute Gasteiger partial charge is 0.123 e. The molecule has 1 aromatic carbocycles. The van der Waals surface area contributed by atoms with E-state index in [2.05, 4.69) is 32.7 Å². The molecule has 2 N–H and O–H groups in total. The fourth-order valence-corrected chi connectivity index (χ4v) is 2.87. The summed E-state index contributed by atoms with van der Waals surface area (Å²) in [5.41, 5.74) is 7.23. The lowest BCUT2D eigenvalue weighted by atomic mass is 10.2. The zero-order chi connectivity index (χ0) is 15.2. The zero-order valence-corrected chi connectivity index (χ0v) is 12.9. The van der Waals surface area contributed by atoms with Gasteiger partial charge in [0.05, 0.1) is 12.9 Å². The Bertz CT molecular complexity index is 570. The minimum absolute atomic E-state index is 0.322. The van der Waals surface area contributed by atoms with Gasteiger partial charge in [0.15, 0.2) is 0 Å². The molecule has 3 rings (SSSR count). The number of aryl methyl sites for hydroxylation is 1. The number of para-hydroxylation sites is 1. The first-order valence-electron chi connectivity index (χ1n) is 7.95. The quantitative estimate of drug-likeness (QED) is 0.793. The van der Waals surface area contributed by atoms with Crippen LogP contribution in [0.4, 0.5) is 0 Å². The Morgan fingerprint density at radius 3 is 3.00 bits per heavy atom. The number of imidazole rings is 1. The van der Waals surface area contributed by atoms with Crippen LogP contribution in [0.3, 0.4) is 0 Å². The van der Waals surface area contributed by atoms with Crippen molar-refractivity contribution in [1.82, 2.24) is 14.5 Å². The fraction of sp³-hybridized carbons (Fsp3) is 0.471. The van der Waals surface area contributed by atoms with Crippen molar-refractivity contribution in [2.45, 2.75) is 32.0 Å². The number of benzene rings is 1. The molecule has 1 aliphatic heterocycles. The Balaban J connectivity index is 1.50. The maximum Gasteiger partial charge on any atom is 0.123 e. The van der Waals surface area contributed by atoms with Crippen molar-refractivity contribution in [2.75, 3.05) is 19.7 Å². The molecule has 118 valence electrons. The lowest BCUT2D eigenvalue weighted by molar-refractivity contribution is 0.283. The molecule has 0 unspecified atom stereocenters. The molecule has 5 nitrogen and oxygen atoms in total. The van der Waals surface area contributed by atoms with E-state index < -0.39 is 0 Å². The van der Waals surface area contributed by atoms with Crippen molar-refractivity contribution < 1.29 is 4.74 Å². The van der Waals surface area contributed by atoms with Gasteiger partial charge < -0.3 is 15.0 Å².